The molecule has 0 spiro atoms. The number of H-pyrrole nitrogens is 1. The molecule has 0 unspecified atom stereocenters. The zero-order chi connectivity index (χ0) is 17.5. The molecule has 1 saturated carbocycles. The fraction of sp³-hybridized carbons (Fsp3) is 0.389. The summed E-state index contributed by atoms with van der Waals surface area (Å²) in [5, 5.41) is 12.4. The molecule has 1 aromatic carbocycles. The number of hydrogen-bond donors (Lipinski definition) is 2. The molecule has 2 N–H and O–H groups in total. The molecule has 1 aliphatic carbocycles. The standard InChI is InChI=1S/C18H19ClN6S/c19-14-17(21-16-12-3-1-2-4-13(12)23-24-16)20-15(11-5-6-11)22-18(14)25-7-9-26-10-8-25/h1-4,11H,5-10H2,(H2,20,21,22,23,24). The molecule has 3 heterocycles. The molecule has 2 aliphatic rings. The Morgan fingerprint density at radius 1 is 1.12 bits per heavy atom. The number of rotatable bonds is 4. The van der Waals surface area contributed by atoms with Crippen LogP contribution in [-0.2, 0) is 0 Å². The van der Waals surface area contributed by atoms with Crippen molar-refractivity contribution >= 4 is 51.7 Å². The number of para-hydroxylation sites is 1. The zero-order valence-electron chi connectivity index (χ0n) is 14.2. The first-order valence-corrected chi connectivity index (χ1v) is 10.4. The van der Waals surface area contributed by atoms with E-state index in [-0.39, 0.29) is 0 Å². The summed E-state index contributed by atoms with van der Waals surface area (Å²) in [7, 11) is 0. The van der Waals surface area contributed by atoms with Crippen LogP contribution >= 0.6 is 23.4 Å². The van der Waals surface area contributed by atoms with Crippen molar-refractivity contribution < 1.29 is 0 Å². The van der Waals surface area contributed by atoms with Gasteiger partial charge in [0.15, 0.2) is 17.5 Å². The van der Waals surface area contributed by atoms with E-state index in [1.807, 2.05) is 36.0 Å². The van der Waals surface area contributed by atoms with Crippen LogP contribution in [0.5, 0.6) is 0 Å². The van der Waals surface area contributed by atoms with Gasteiger partial charge in [-0.05, 0) is 25.0 Å². The number of aromatic amines is 1. The summed E-state index contributed by atoms with van der Waals surface area (Å²) in [6.45, 7) is 1.94. The topological polar surface area (TPSA) is 69.7 Å². The van der Waals surface area contributed by atoms with Gasteiger partial charge in [-0.15, -0.1) is 0 Å². The normalized spacial score (nSPS) is 17.7. The molecule has 3 aromatic rings. The van der Waals surface area contributed by atoms with Crippen LogP contribution in [0.1, 0.15) is 24.6 Å². The van der Waals surface area contributed by atoms with E-state index in [1.54, 1.807) is 0 Å². The largest absolute Gasteiger partial charge is 0.354 e. The molecule has 0 atom stereocenters. The van der Waals surface area contributed by atoms with Crippen LogP contribution < -0.4 is 10.2 Å². The van der Waals surface area contributed by atoms with Gasteiger partial charge in [-0.1, -0.05) is 23.7 Å². The third-order valence-corrected chi connectivity index (χ3v) is 6.10. The number of nitrogens with one attached hydrogen (secondary N) is 2. The second-order valence-corrected chi connectivity index (χ2v) is 8.29. The van der Waals surface area contributed by atoms with Gasteiger partial charge in [0.2, 0.25) is 0 Å². The predicted octanol–water partition coefficient (Wildman–Crippen LogP) is 4.18. The molecule has 0 radical (unpaired) electrons. The third kappa shape index (κ3) is 2.99. The summed E-state index contributed by atoms with van der Waals surface area (Å²) in [6.07, 6.45) is 2.31. The van der Waals surface area contributed by atoms with E-state index in [4.69, 9.17) is 21.6 Å². The molecule has 1 saturated heterocycles. The second-order valence-electron chi connectivity index (χ2n) is 6.68. The quantitative estimate of drug-likeness (QED) is 0.701. The van der Waals surface area contributed by atoms with E-state index >= 15 is 0 Å². The molecular weight excluding hydrogens is 368 g/mol. The van der Waals surface area contributed by atoms with Crippen LogP contribution in [0.3, 0.4) is 0 Å². The Hall–Kier alpha value is -1.99. The Kier molecular flexibility index (Phi) is 4.13. The number of fused-ring (bicyclic) bond motifs is 1. The number of thioether (sulfide) groups is 1. The lowest BCUT2D eigenvalue weighted by molar-refractivity contribution is 0.816. The Balaban J connectivity index is 1.55. The molecule has 6 nitrogen and oxygen atoms in total. The average Bonchev–Trinajstić information content (AvgIpc) is 3.46. The first kappa shape index (κ1) is 16.2. The molecule has 26 heavy (non-hydrogen) atoms. The Bertz CT molecular complexity index is 948. The molecule has 5 rings (SSSR count). The van der Waals surface area contributed by atoms with Crippen LogP contribution in [0.2, 0.25) is 5.02 Å². The van der Waals surface area contributed by atoms with Gasteiger partial charge in [-0.25, -0.2) is 9.97 Å². The highest BCUT2D eigenvalue weighted by molar-refractivity contribution is 7.99. The average molecular weight is 387 g/mol. The lowest BCUT2D eigenvalue weighted by atomic mass is 10.2. The molecule has 134 valence electrons. The SMILES string of the molecule is Clc1c(Nc2n[nH]c3ccccc23)nc(C2CC2)nc1N1CCSCC1. The van der Waals surface area contributed by atoms with Gasteiger partial charge in [0.25, 0.3) is 0 Å². The lowest BCUT2D eigenvalue weighted by Gasteiger charge is -2.29. The minimum Gasteiger partial charge on any atom is -0.354 e. The van der Waals surface area contributed by atoms with Crippen molar-refractivity contribution in [1.29, 1.82) is 0 Å². The first-order valence-electron chi connectivity index (χ1n) is 8.90. The Morgan fingerprint density at radius 2 is 1.92 bits per heavy atom. The number of halogens is 1. The number of nitrogens with zero attached hydrogens (tertiary/aromatic N) is 4. The number of benzene rings is 1. The highest BCUT2D eigenvalue weighted by atomic mass is 35.5. The van der Waals surface area contributed by atoms with Crippen molar-refractivity contribution in [2.75, 3.05) is 34.8 Å². The summed E-state index contributed by atoms with van der Waals surface area (Å²) >= 11 is 8.71. The third-order valence-electron chi connectivity index (χ3n) is 4.81. The predicted molar refractivity (Wildman–Crippen MR) is 108 cm³/mol. The van der Waals surface area contributed by atoms with Crippen molar-refractivity contribution in [1.82, 2.24) is 20.2 Å². The van der Waals surface area contributed by atoms with Crippen LogP contribution in [0.4, 0.5) is 17.5 Å². The van der Waals surface area contributed by atoms with Crippen LogP contribution in [0.15, 0.2) is 24.3 Å². The van der Waals surface area contributed by atoms with Gasteiger partial charge in [-0.3, -0.25) is 5.10 Å². The fourth-order valence-corrected chi connectivity index (χ4v) is 4.37. The molecule has 0 bridgehead atoms. The minimum atomic E-state index is 0.460. The zero-order valence-corrected chi connectivity index (χ0v) is 15.8. The van der Waals surface area contributed by atoms with Crippen LogP contribution in [0.25, 0.3) is 10.9 Å². The monoisotopic (exact) mass is 386 g/mol. The Morgan fingerprint density at radius 3 is 2.73 bits per heavy atom. The number of hydrogen-bond acceptors (Lipinski definition) is 6. The van der Waals surface area contributed by atoms with Gasteiger partial charge in [0.05, 0.1) is 5.52 Å². The van der Waals surface area contributed by atoms with Crippen molar-refractivity contribution in [2.45, 2.75) is 18.8 Å². The van der Waals surface area contributed by atoms with Crippen molar-refractivity contribution in [3.05, 3.63) is 35.1 Å². The van der Waals surface area contributed by atoms with Crippen LogP contribution in [-0.4, -0.2) is 44.8 Å². The maximum absolute atomic E-state index is 6.73. The van der Waals surface area contributed by atoms with Crippen molar-refractivity contribution in [3.8, 4) is 0 Å². The molecular formula is C18H19ClN6S. The van der Waals surface area contributed by atoms with Crippen LogP contribution in [0, 0.1) is 0 Å². The smallest absolute Gasteiger partial charge is 0.161 e. The molecule has 1 aliphatic heterocycles. The Labute approximate surface area is 160 Å². The van der Waals surface area contributed by atoms with Gasteiger partial charge < -0.3 is 10.2 Å². The number of anilines is 3. The van der Waals surface area contributed by atoms with Gasteiger partial charge in [-0.2, -0.15) is 16.9 Å². The molecule has 8 heteroatoms. The van der Waals surface area contributed by atoms with Gasteiger partial charge >= 0.3 is 0 Å². The van der Waals surface area contributed by atoms with Crippen molar-refractivity contribution in [2.24, 2.45) is 0 Å². The summed E-state index contributed by atoms with van der Waals surface area (Å²) < 4.78 is 0. The summed E-state index contributed by atoms with van der Waals surface area (Å²) in [5.41, 5.74) is 0.982. The van der Waals surface area contributed by atoms with Gasteiger partial charge in [0.1, 0.15) is 10.8 Å². The lowest BCUT2D eigenvalue weighted by Crippen LogP contribution is -2.33. The molecule has 0 amide bonds. The fourth-order valence-electron chi connectivity index (χ4n) is 3.21. The van der Waals surface area contributed by atoms with E-state index in [0.29, 0.717) is 16.8 Å². The second kappa shape index (κ2) is 6.63. The summed E-state index contributed by atoms with van der Waals surface area (Å²) in [6, 6.07) is 8.01. The van der Waals surface area contributed by atoms with E-state index in [9.17, 15) is 0 Å². The van der Waals surface area contributed by atoms with E-state index < -0.39 is 0 Å². The van der Waals surface area contributed by atoms with E-state index in [2.05, 4.69) is 20.4 Å². The molecule has 2 aromatic heterocycles. The maximum Gasteiger partial charge on any atom is 0.161 e. The van der Waals surface area contributed by atoms with E-state index in [0.717, 1.165) is 65.8 Å². The van der Waals surface area contributed by atoms with E-state index in [1.165, 1.54) is 0 Å². The highest BCUT2D eigenvalue weighted by Gasteiger charge is 2.30. The first-order chi connectivity index (χ1) is 12.8. The number of aromatic nitrogens is 4. The maximum atomic E-state index is 6.73. The minimum absolute atomic E-state index is 0.460. The van der Waals surface area contributed by atoms with Gasteiger partial charge in [0, 0.05) is 35.9 Å². The summed E-state index contributed by atoms with van der Waals surface area (Å²) in [4.78, 5) is 11.8. The summed E-state index contributed by atoms with van der Waals surface area (Å²) in [5.74, 6) is 5.80. The van der Waals surface area contributed by atoms with Crippen molar-refractivity contribution in [3.63, 3.8) is 0 Å². The highest BCUT2D eigenvalue weighted by Crippen LogP contribution is 2.42. The molecule has 2 fully saturated rings.